The van der Waals surface area contributed by atoms with E-state index in [0.29, 0.717) is 5.92 Å². The molecule has 9 heavy (non-hydrogen) atoms. The van der Waals surface area contributed by atoms with Crippen LogP contribution in [0.1, 0.15) is 13.8 Å². The van der Waals surface area contributed by atoms with Crippen molar-refractivity contribution in [1.82, 2.24) is 4.90 Å². The minimum Gasteiger partial charge on any atom is -0.306 e. The molecule has 0 aliphatic heterocycles. The Kier molecular flexibility index (Phi) is 4.41. The Morgan fingerprint density at radius 1 is 1.33 bits per heavy atom. The molecule has 0 atom stereocenters. The van der Waals surface area contributed by atoms with Crippen LogP contribution in [0.5, 0.6) is 0 Å². The second kappa shape index (κ2) is 4.57. The second-order valence-electron chi connectivity index (χ2n) is 2.93. The van der Waals surface area contributed by atoms with Crippen LogP contribution in [0.4, 0.5) is 0 Å². The van der Waals surface area contributed by atoms with Crippen molar-refractivity contribution in [2.75, 3.05) is 20.6 Å². The Labute approximate surface area is 58.4 Å². The molecule has 0 radical (unpaired) electrons. The van der Waals surface area contributed by atoms with Crippen molar-refractivity contribution in [2.45, 2.75) is 13.8 Å². The van der Waals surface area contributed by atoms with Crippen LogP contribution in [0.15, 0.2) is 12.2 Å². The first kappa shape index (κ1) is 8.70. The van der Waals surface area contributed by atoms with E-state index in [0.717, 1.165) is 6.54 Å². The number of hydrogen-bond donors (Lipinski definition) is 0. The van der Waals surface area contributed by atoms with Crippen molar-refractivity contribution in [2.24, 2.45) is 5.92 Å². The summed E-state index contributed by atoms with van der Waals surface area (Å²) in [5.41, 5.74) is 0. The molecule has 1 nitrogen and oxygen atoms in total. The van der Waals surface area contributed by atoms with E-state index in [2.05, 4.69) is 45.0 Å². The fourth-order valence-electron chi connectivity index (χ4n) is 0.544. The average Bonchev–Trinajstić information content (AvgIpc) is 1.63. The Morgan fingerprint density at radius 3 is 2.22 bits per heavy atom. The van der Waals surface area contributed by atoms with Crippen LogP contribution in [-0.4, -0.2) is 25.5 Å². The molecule has 0 fully saturated rings. The van der Waals surface area contributed by atoms with Crippen LogP contribution in [0.3, 0.4) is 0 Å². The summed E-state index contributed by atoms with van der Waals surface area (Å²) in [6, 6.07) is 0. The Bertz CT molecular complexity index is 82.6. The molecule has 0 aromatic rings. The maximum atomic E-state index is 2.22. The minimum absolute atomic E-state index is 0.685. The van der Waals surface area contributed by atoms with Gasteiger partial charge in [0, 0.05) is 6.54 Å². The number of hydrogen-bond acceptors (Lipinski definition) is 1. The summed E-state index contributed by atoms with van der Waals surface area (Å²) in [6.45, 7) is 5.43. The van der Waals surface area contributed by atoms with E-state index >= 15 is 0 Å². The molecule has 0 N–H and O–H groups in total. The van der Waals surface area contributed by atoms with E-state index in [1.54, 1.807) is 0 Å². The molecule has 0 unspecified atom stereocenters. The lowest BCUT2D eigenvalue weighted by atomic mass is 10.2. The SMILES string of the molecule is CC(C)/C=C/CN(C)C. The summed E-state index contributed by atoms with van der Waals surface area (Å²) in [7, 11) is 4.15. The van der Waals surface area contributed by atoms with E-state index in [9.17, 15) is 0 Å². The summed E-state index contributed by atoms with van der Waals surface area (Å²) < 4.78 is 0. The number of nitrogens with zero attached hydrogens (tertiary/aromatic N) is 1. The molecule has 0 heterocycles. The summed E-state index contributed by atoms with van der Waals surface area (Å²) in [6.07, 6.45) is 4.42. The Balaban J connectivity index is 3.25. The van der Waals surface area contributed by atoms with Crippen molar-refractivity contribution in [3.63, 3.8) is 0 Å². The van der Waals surface area contributed by atoms with Gasteiger partial charge in [-0.3, -0.25) is 0 Å². The first-order valence-electron chi connectivity index (χ1n) is 3.44. The molecule has 0 bridgehead atoms. The van der Waals surface area contributed by atoms with Crippen LogP contribution in [0.2, 0.25) is 0 Å². The van der Waals surface area contributed by atoms with Crippen molar-refractivity contribution in [3.05, 3.63) is 12.2 Å². The van der Waals surface area contributed by atoms with Gasteiger partial charge in [0.05, 0.1) is 0 Å². The van der Waals surface area contributed by atoms with Gasteiger partial charge < -0.3 is 4.90 Å². The van der Waals surface area contributed by atoms with Crippen molar-refractivity contribution in [3.8, 4) is 0 Å². The molecule has 0 aromatic carbocycles. The van der Waals surface area contributed by atoms with Crippen LogP contribution < -0.4 is 0 Å². The number of rotatable bonds is 3. The fourth-order valence-corrected chi connectivity index (χ4v) is 0.544. The van der Waals surface area contributed by atoms with Gasteiger partial charge in [0.2, 0.25) is 0 Å². The van der Waals surface area contributed by atoms with E-state index < -0.39 is 0 Å². The van der Waals surface area contributed by atoms with Gasteiger partial charge in [-0.1, -0.05) is 26.0 Å². The first-order chi connectivity index (χ1) is 4.13. The van der Waals surface area contributed by atoms with E-state index in [4.69, 9.17) is 0 Å². The van der Waals surface area contributed by atoms with Gasteiger partial charge in [-0.2, -0.15) is 0 Å². The molecule has 0 saturated carbocycles. The first-order valence-corrected chi connectivity index (χ1v) is 3.44. The zero-order valence-electron chi connectivity index (χ0n) is 6.89. The predicted molar refractivity (Wildman–Crippen MR) is 42.5 cm³/mol. The highest BCUT2D eigenvalue weighted by Gasteiger charge is 1.84. The smallest absolute Gasteiger partial charge is 0.0157 e. The van der Waals surface area contributed by atoms with Gasteiger partial charge >= 0.3 is 0 Å². The third-order valence-electron chi connectivity index (χ3n) is 0.992. The minimum atomic E-state index is 0.685. The number of allylic oxidation sites excluding steroid dienone is 1. The van der Waals surface area contributed by atoms with E-state index in [-0.39, 0.29) is 0 Å². The zero-order valence-corrected chi connectivity index (χ0v) is 6.89. The third-order valence-corrected chi connectivity index (χ3v) is 0.992. The maximum absolute atomic E-state index is 2.22. The molecular formula is C8H17N. The molecule has 0 aliphatic carbocycles. The molecule has 0 saturated heterocycles. The van der Waals surface area contributed by atoms with E-state index in [1.807, 2.05) is 0 Å². The standard InChI is InChI=1S/C8H17N/c1-8(2)6-5-7-9(3)4/h5-6,8H,7H2,1-4H3/b6-5+. The summed E-state index contributed by atoms with van der Waals surface area (Å²) >= 11 is 0. The molecule has 0 amide bonds. The van der Waals surface area contributed by atoms with Gasteiger partial charge in [0.25, 0.3) is 0 Å². The van der Waals surface area contributed by atoms with Crippen molar-refractivity contribution in [1.29, 1.82) is 0 Å². The predicted octanol–water partition coefficient (Wildman–Crippen LogP) is 1.76. The van der Waals surface area contributed by atoms with Crippen LogP contribution in [0.25, 0.3) is 0 Å². The highest BCUT2D eigenvalue weighted by molar-refractivity contribution is 4.85. The quantitative estimate of drug-likeness (QED) is 0.522. The summed E-state index contributed by atoms with van der Waals surface area (Å²) in [4.78, 5) is 2.15. The third kappa shape index (κ3) is 7.70. The Morgan fingerprint density at radius 2 is 1.89 bits per heavy atom. The van der Waals surface area contributed by atoms with Gasteiger partial charge in [-0.15, -0.1) is 0 Å². The topological polar surface area (TPSA) is 3.24 Å². The molecule has 0 rings (SSSR count). The van der Waals surface area contributed by atoms with Crippen LogP contribution >= 0.6 is 0 Å². The zero-order chi connectivity index (χ0) is 7.28. The van der Waals surface area contributed by atoms with E-state index in [1.165, 1.54) is 0 Å². The van der Waals surface area contributed by atoms with Crippen molar-refractivity contribution >= 4 is 0 Å². The second-order valence-corrected chi connectivity index (χ2v) is 2.93. The van der Waals surface area contributed by atoms with Gasteiger partial charge in [-0.05, 0) is 20.0 Å². The normalized spacial score (nSPS) is 12.2. The molecule has 0 spiro atoms. The van der Waals surface area contributed by atoms with Crippen molar-refractivity contribution < 1.29 is 0 Å². The highest BCUT2D eigenvalue weighted by atomic mass is 15.0. The molecule has 0 aliphatic rings. The maximum Gasteiger partial charge on any atom is 0.0157 e. The van der Waals surface area contributed by atoms with Gasteiger partial charge in [0.15, 0.2) is 0 Å². The molecular weight excluding hydrogens is 110 g/mol. The fraction of sp³-hybridized carbons (Fsp3) is 0.750. The van der Waals surface area contributed by atoms with Crippen LogP contribution in [-0.2, 0) is 0 Å². The van der Waals surface area contributed by atoms with Gasteiger partial charge in [-0.25, -0.2) is 0 Å². The molecule has 54 valence electrons. The largest absolute Gasteiger partial charge is 0.306 e. The lowest BCUT2D eigenvalue weighted by Gasteiger charge is -2.03. The number of likely N-dealkylation sites (N-methyl/N-ethyl adjacent to an activating group) is 1. The molecule has 1 heteroatoms. The summed E-state index contributed by atoms with van der Waals surface area (Å²) in [5.74, 6) is 0.685. The monoisotopic (exact) mass is 127 g/mol. The summed E-state index contributed by atoms with van der Waals surface area (Å²) in [5, 5.41) is 0. The molecule has 0 aromatic heterocycles. The Hall–Kier alpha value is -0.300. The van der Waals surface area contributed by atoms with Crippen LogP contribution in [0, 0.1) is 5.92 Å². The average molecular weight is 127 g/mol. The lowest BCUT2D eigenvalue weighted by molar-refractivity contribution is 0.455. The highest BCUT2D eigenvalue weighted by Crippen LogP contribution is 1.92. The lowest BCUT2D eigenvalue weighted by Crippen LogP contribution is -2.10. The van der Waals surface area contributed by atoms with Gasteiger partial charge in [0.1, 0.15) is 0 Å².